The fourth-order valence-corrected chi connectivity index (χ4v) is 6.10. The van der Waals surface area contributed by atoms with Crippen LogP contribution in [0.1, 0.15) is 37.7 Å². The lowest BCUT2D eigenvalue weighted by molar-refractivity contribution is -0.129. The summed E-state index contributed by atoms with van der Waals surface area (Å²) in [5.74, 6) is 4.67. The predicted octanol–water partition coefficient (Wildman–Crippen LogP) is 1.74. The Hall–Kier alpha value is -2.39. The van der Waals surface area contributed by atoms with Crippen molar-refractivity contribution in [3.63, 3.8) is 0 Å². The minimum atomic E-state index is -0.426. The van der Waals surface area contributed by atoms with Gasteiger partial charge in [-0.2, -0.15) is 9.97 Å². The molecule has 0 radical (unpaired) electrons. The zero-order chi connectivity index (χ0) is 18.9. The molecular weight excluding hydrogens is 356 g/mol. The molecule has 5 aliphatic rings. The number of hydrazine groups is 1. The van der Waals surface area contributed by atoms with Crippen molar-refractivity contribution in [2.75, 3.05) is 16.1 Å². The van der Waals surface area contributed by atoms with Gasteiger partial charge in [0.05, 0.1) is 17.5 Å². The van der Waals surface area contributed by atoms with Crippen LogP contribution in [0, 0.1) is 17.8 Å². The standard InChI is InChI=1S/C19H26N8O/c1-27-8-14(20-9-27)22-16-13-7-21-26-17(13)25-18(24-16)23-15-11-2-10-3-12(15)6-19(28,4-10)5-11/h8-12,15,21,28H,2-7H2,1H3,(H3,22,23,24,25,26). The van der Waals surface area contributed by atoms with Crippen LogP contribution in [0.15, 0.2) is 12.5 Å². The molecule has 0 aromatic carbocycles. The predicted molar refractivity (Wildman–Crippen MR) is 105 cm³/mol. The molecule has 2 atom stereocenters. The second-order valence-corrected chi connectivity index (χ2v) is 9.12. The van der Waals surface area contributed by atoms with Gasteiger partial charge < -0.3 is 25.7 Å². The van der Waals surface area contributed by atoms with Crippen LogP contribution in [-0.4, -0.2) is 36.3 Å². The first-order valence-electron chi connectivity index (χ1n) is 10.2. The van der Waals surface area contributed by atoms with Crippen molar-refractivity contribution in [1.82, 2.24) is 24.9 Å². The highest BCUT2D eigenvalue weighted by Crippen LogP contribution is 2.56. The Labute approximate surface area is 163 Å². The molecule has 3 heterocycles. The van der Waals surface area contributed by atoms with E-state index < -0.39 is 5.60 Å². The van der Waals surface area contributed by atoms with Crippen LogP contribution in [0.25, 0.3) is 0 Å². The number of nitrogens with zero attached hydrogens (tertiary/aromatic N) is 4. The third-order valence-electron chi connectivity index (χ3n) is 6.97. The highest BCUT2D eigenvalue weighted by Gasteiger charge is 2.54. The molecule has 9 heteroatoms. The molecule has 1 aliphatic heterocycles. The zero-order valence-corrected chi connectivity index (χ0v) is 15.9. The average molecular weight is 382 g/mol. The van der Waals surface area contributed by atoms with Gasteiger partial charge in [-0.25, -0.2) is 10.4 Å². The number of anilines is 4. The van der Waals surface area contributed by atoms with Crippen LogP contribution < -0.4 is 21.5 Å². The summed E-state index contributed by atoms with van der Waals surface area (Å²) < 4.78 is 1.90. The van der Waals surface area contributed by atoms with Gasteiger partial charge in [0.2, 0.25) is 5.95 Å². The van der Waals surface area contributed by atoms with Crippen molar-refractivity contribution < 1.29 is 5.11 Å². The van der Waals surface area contributed by atoms with Crippen molar-refractivity contribution in [1.29, 1.82) is 0 Å². The summed E-state index contributed by atoms with van der Waals surface area (Å²) in [6, 6.07) is 0.340. The molecule has 4 fully saturated rings. The van der Waals surface area contributed by atoms with Gasteiger partial charge in [-0.05, 0) is 49.9 Å². The van der Waals surface area contributed by atoms with Crippen LogP contribution >= 0.6 is 0 Å². The summed E-state index contributed by atoms with van der Waals surface area (Å²) in [4.78, 5) is 13.9. The topological polar surface area (TPSA) is 112 Å². The number of aromatic nitrogens is 4. The summed E-state index contributed by atoms with van der Waals surface area (Å²) in [6.45, 7) is 0.661. The maximum absolute atomic E-state index is 10.8. The van der Waals surface area contributed by atoms with E-state index in [0.717, 1.165) is 42.3 Å². The van der Waals surface area contributed by atoms with E-state index in [9.17, 15) is 5.11 Å². The van der Waals surface area contributed by atoms with Gasteiger partial charge in [0.15, 0.2) is 5.82 Å². The fraction of sp³-hybridized carbons (Fsp3) is 0.632. The molecular formula is C19H26N8O. The number of imidazole rings is 1. The highest BCUT2D eigenvalue weighted by atomic mass is 16.3. The third-order valence-corrected chi connectivity index (χ3v) is 6.97. The van der Waals surface area contributed by atoms with Crippen LogP contribution in [0.2, 0.25) is 0 Å². The van der Waals surface area contributed by atoms with Gasteiger partial charge in [0.25, 0.3) is 0 Å². The lowest BCUT2D eigenvalue weighted by atomic mass is 9.52. The Balaban J connectivity index is 1.29. The molecule has 5 N–H and O–H groups in total. The van der Waals surface area contributed by atoms with E-state index in [0.29, 0.717) is 36.3 Å². The van der Waals surface area contributed by atoms with Crippen LogP contribution in [-0.2, 0) is 13.6 Å². The lowest BCUT2D eigenvalue weighted by Crippen LogP contribution is -2.59. The van der Waals surface area contributed by atoms with Gasteiger partial charge >= 0.3 is 0 Å². The van der Waals surface area contributed by atoms with E-state index in [1.54, 1.807) is 6.33 Å². The summed E-state index contributed by atoms with van der Waals surface area (Å²) in [5.41, 5.74) is 6.84. The van der Waals surface area contributed by atoms with E-state index in [-0.39, 0.29) is 0 Å². The van der Waals surface area contributed by atoms with E-state index in [1.807, 2.05) is 17.8 Å². The largest absolute Gasteiger partial charge is 0.390 e. The summed E-state index contributed by atoms with van der Waals surface area (Å²) in [6.07, 6.45) is 8.91. The van der Waals surface area contributed by atoms with Gasteiger partial charge in [-0.1, -0.05) is 0 Å². The number of aryl methyl sites for hydroxylation is 1. The number of aliphatic hydroxyl groups is 1. The van der Waals surface area contributed by atoms with Crippen molar-refractivity contribution >= 4 is 23.4 Å². The van der Waals surface area contributed by atoms with Crippen molar-refractivity contribution in [3.05, 3.63) is 18.1 Å². The number of rotatable bonds is 4. The first-order valence-corrected chi connectivity index (χ1v) is 10.2. The molecule has 4 bridgehead atoms. The first kappa shape index (κ1) is 16.6. The smallest absolute Gasteiger partial charge is 0.226 e. The van der Waals surface area contributed by atoms with Crippen molar-refractivity contribution in [2.24, 2.45) is 24.8 Å². The Morgan fingerprint density at radius 3 is 2.75 bits per heavy atom. The van der Waals surface area contributed by atoms with E-state index in [1.165, 1.54) is 12.8 Å². The Bertz CT molecular complexity index is 911. The molecule has 2 aromatic rings. The maximum atomic E-state index is 10.8. The molecule has 2 unspecified atom stereocenters. The molecule has 2 aromatic heterocycles. The molecule has 7 rings (SSSR count). The Kier molecular flexibility index (Phi) is 3.43. The summed E-state index contributed by atoms with van der Waals surface area (Å²) in [5, 5.41) is 17.8. The number of hydrogen-bond acceptors (Lipinski definition) is 8. The van der Waals surface area contributed by atoms with Gasteiger partial charge in [-0.15, -0.1) is 0 Å². The zero-order valence-electron chi connectivity index (χ0n) is 15.9. The van der Waals surface area contributed by atoms with Crippen molar-refractivity contribution in [2.45, 2.75) is 50.3 Å². The molecule has 0 amide bonds. The van der Waals surface area contributed by atoms with Gasteiger partial charge in [0, 0.05) is 25.8 Å². The molecule has 4 saturated carbocycles. The summed E-state index contributed by atoms with van der Waals surface area (Å²) >= 11 is 0. The van der Waals surface area contributed by atoms with Gasteiger partial charge in [0.1, 0.15) is 11.6 Å². The second-order valence-electron chi connectivity index (χ2n) is 9.12. The minimum absolute atomic E-state index is 0.340. The molecule has 0 spiro atoms. The quantitative estimate of drug-likeness (QED) is 0.544. The lowest BCUT2D eigenvalue weighted by Gasteiger charge is -2.58. The molecule has 148 valence electrons. The van der Waals surface area contributed by atoms with E-state index in [4.69, 9.17) is 9.97 Å². The fourth-order valence-electron chi connectivity index (χ4n) is 6.10. The molecule has 28 heavy (non-hydrogen) atoms. The summed E-state index contributed by atoms with van der Waals surface area (Å²) in [7, 11) is 1.94. The maximum Gasteiger partial charge on any atom is 0.226 e. The van der Waals surface area contributed by atoms with Crippen molar-refractivity contribution in [3.8, 4) is 0 Å². The van der Waals surface area contributed by atoms with Gasteiger partial charge in [-0.3, -0.25) is 0 Å². The SMILES string of the molecule is Cn1cnc(Nc2nc(NC3C4CC5CC3CC(O)(C5)C4)nc3c2CNN3)c1. The number of hydrogen-bond donors (Lipinski definition) is 5. The van der Waals surface area contributed by atoms with Crippen LogP contribution in [0.3, 0.4) is 0 Å². The molecule has 9 nitrogen and oxygen atoms in total. The molecule has 4 aliphatic carbocycles. The minimum Gasteiger partial charge on any atom is -0.390 e. The van der Waals surface area contributed by atoms with Crippen LogP contribution in [0.4, 0.5) is 23.4 Å². The van der Waals surface area contributed by atoms with Crippen LogP contribution in [0.5, 0.6) is 0 Å². The Morgan fingerprint density at radius 2 is 2.04 bits per heavy atom. The molecule has 0 saturated heterocycles. The Morgan fingerprint density at radius 1 is 1.21 bits per heavy atom. The number of nitrogens with one attached hydrogen (secondary N) is 4. The highest BCUT2D eigenvalue weighted by molar-refractivity contribution is 5.67. The normalized spacial score (nSPS) is 34.9. The monoisotopic (exact) mass is 382 g/mol. The average Bonchev–Trinajstić information content (AvgIpc) is 3.25. The third kappa shape index (κ3) is 2.64. The van der Waals surface area contributed by atoms with E-state index >= 15 is 0 Å². The number of fused-ring (bicyclic) bond motifs is 1. The second kappa shape index (κ2) is 5.81. The van der Waals surface area contributed by atoms with E-state index in [2.05, 4.69) is 26.5 Å². The first-order chi connectivity index (χ1) is 13.5.